The van der Waals surface area contributed by atoms with Gasteiger partial charge in [0.05, 0.1) is 44.0 Å². The van der Waals surface area contributed by atoms with Gasteiger partial charge in [0, 0.05) is 33.1 Å². The van der Waals surface area contributed by atoms with Crippen molar-refractivity contribution in [1.29, 1.82) is 0 Å². The Hall–Kier alpha value is -0.240. The molecular formula is C17H28O6. The summed E-state index contributed by atoms with van der Waals surface area (Å²) in [5.41, 5.74) is 0. The lowest BCUT2D eigenvalue weighted by Crippen LogP contribution is -2.57. The number of aliphatic hydroxyl groups is 1. The first-order valence-electron chi connectivity index (χ1n) is 10.9. The topological polar surface area (TPSA) is 66.4 Å². The van der Waals surface area contributed by atoms with E-state index in [-0.39, 0.29) is 12.5 Å². The summed E-state index contributed by atoms with van der Waals surface area (Å²) >= 11 is 0. The molecule has 4 aliphatic rings. The molecule has 0 aromatic rings. The van der Waals surface area contributed by atoms with Crippen LogP contribution in [0, 0.1) is 11.8 Å². The monoisotopic (exact) mass is 333 g/mol. The number of methoxy groups -OCH3 is 1. The van der Waals surface area contributed by atoms with E-state index in [2.05, 4.69) is 0 Å². The molecule has 0 aromatic carbocycles. The van der Waals surface area contributed by atoms with Crippen LogP contribution in [0.3, 0.4) is 0 Å². The van der Waals surface area contributed by atoms with Crippen LogP contribution in [-0.4, -0.2) is 62.3 Å². The standard InChI is InChI=1S/C17H28O6/c1-19-13-3-5-17(22-8-9-23-17)15(11-13)14-10-12(18)2-4-16(14)20-6-7-21-16/h12-15,18H,2-11H2,1H3/i5D,8D2,9D2. The van der Waals surface area contributed by atoms with Crippen molar-refractivity contribution in [3.8, 4) is 0 Å². The Bertz CT molecular complexity index is 583. The van der Waals surface area contributed by atoms with Crippen molar-refractivity contribution in [3.05, 3.63) is 0 Å². The highest BCUT2D eigenvalue weighted by Gasteiger charge is 2.59. The molecule has 2 heterocycles. The van der Waals surface area contributed by atoms with Crippen LogP contribution in [0.4, 0.5) is 0 Å². The van der Waals surface area contributed by atoms with Crippen LogP contribution in [0.2, 0.25) is 0 Å². The van der Waals surface area contributed by atoms with E-state index in [1.807, 2.05) is 0 Å². The largest absolute Gasteiger partial charge is 0.393 e. The second-order valence-electron chi connectivity index (χ2n) is 6.81. The molecule has 5 unspecified atom stereocenters. The summed E-state index contributed by atoms with van der Waals surface area (Å²) in [7, 11) is 1.55. The van der Waals surface area contributed by atoms with E-state index in [0.29, 0.717) is 38.9 Å². The van der Waals surface area contributed by atoms with E-state index in [1.165, 1.54) is 0 Å². The highest BCUT2D eigenvalue weighted by Crippen LogP contribution is 2.53. The predicted octanol–water partition coefficient (Wildman–Crippen LogP) is 1.45. The number of hydrogen-bond donors (Lipinski definition) is 1. The average molecular weight is 333 g/mol. The predicted molar refractivity (Wildman–Crippen MR) is 80.8 cm³/mol. The van der Waals surface area contributed by atoms with Gasteiger partial charge >= 0.3 is 0 Å². The van der Waals surface area contributed by atoms with Crippen molar-refractivity contribution in [2.45, 2.75) is 62.3 Å². The molecule has 2 saturated carbocycles. The molecule has 2 spiro atoms. The molecule has 23 heavy (non-hydrogen) atoms. The van der Waals surface area contributed by atoms with Gasteiger partial charge in [-0.05, 0) is 25.7 Å². The second-order valence-corrected chi connectivity index (χ2v) is 6.81. The fourth-order valence-electron chi connectivity index (χ4n) is 4.53. The maximum atomic E-state index is 10.4. The summed E-state index contributed by atoms with van der Waals surface area (Å²) in [6.07, 6.45) is -0.0752. The van der Waals surface area contributed by atoms with Crippen LogP contribution in [0.5, 0.6) is 0 Å². The molecule has 132 valence electrons. The van der Waals surface area contributed by atoms with Gasteiger partial charge in [-0.1, -0.05) is 0 Å². The molecule has 1 N–H and O–H groups in total. The first kappa shape index (κ1) is 11.4. The van der Waals surface area contributed by atoms with Crippen LogP contribution >= 0.6 is 0 Å². The molecule has 2 saturated heterocycles. The Morgan fingerprint density at radius 2 is 1.70 bits per heavy atom. The summed E-state index contributed by atoms with van der Waals surface area (Å²) in [4.78, 5) is 0. The van der Waals surface area contributed by atoms with Crippen LogP contribution in [0.15, 0.2) is 0 Å². The van der Waals surface area contributed by atoms with Crippen molar-refractivity contribution in [2.75, 3.05) is 33.4 Å². The van der Waals surface area contributed by atoms with Gasteiger partial charge in [0.1, 0.15) is 0 Å². The lowest BCUT2D eigenvalue weighted by molar-refractivity contribution is -0.297. The van der Waals surface area contributed by atoms with Crippen LogP contribution in [-0.2, 0) is 23.7 Å². The molecular weight excluding hydrogens is 300 g/mol. The maximum absolute atomic E-state index is 10.4. The minimum Gasteiger partial charge on any atom is -0.393 e. The fourth-order valence-corrected chi connectivity index (χ4v) is 4.53. The van der Waals surface area contributed by atoms with Gasteiger partial charge in [0.15, 0.2) is 11.6 Å². The number of hydrogen-bond acceptors (Lipinski definition) is 6. The van der Waals surface area contributed by atoms with E-state index in [1.54, 1.807) is 7.11 Å². The third-order valence-corrected chi connectivity index (χ3v) is 5.67. The molecule has 2 aliphatic heterocycles. The van der Waals surface area contributed by atoms with Crippen molar-refractivity contribution in [1.82, 2.24) is 0 Å². The zero-order valence-corrected chi connectivity index (χ0v) is 13.3. The normalized spacial score (nSPS) is 53.3. The van der Waals surface area contributed by atoms with E-state index in [0.717, 1.165) is 0 Å². The number of aliphatic hydroxyl groups excluding tert-OH is 1. The number of ether oxygens (including phenoxy) is 5. The zero-order valence-electron chi connectivity index (χ0n) is 18.3. The summed E-state index contributed by atoms with van der Waals surface area (Å²) < 4.78 is 69.3. The van der Waals surface area contributed by atoms with Gasteiger partial charge in [-0.2, -0.15) is 0 Å². The Kier molecular flexibility index (Phi) is 3.09. The molecule has 5 atom stereocenters. The quantitative estimate of drug-likeness (QED) is 0.825. The van der Waals surface area contributed by atoms with Gasteiger partial charge in [-0.15, -0.1) is 0 Å². The summed E-state index contributed by atoms with van der Waals surface area (Å²) in [6, 6.07) is 0. The summed E-state index contributed by atoms with van der Waals surface area (Å²) in [6.45, 7) is -4.59. The Balaban J connectivity index is 1.76. The molecule has 0 aromatic heterocycles. The third-order valence-electron chi connectivity index (χ3n) is 5.67. The molecule has 0 radical (unpaired) electrons. The molecule has 4 rings (SSSR count). The van der Waals surface area contributed by atoms with Crippen molar-refractivity contribution in [2.24, 2.45) is 11.8 Å². The third kappa shape index (κ3) is 2.73. The van der Waals surface area contributed by atoms with Crippen LogP contribution < -0.4 is 0 Å². The maximum Gasteiger partial charge on any atom is 0.171 e. The molecule has 6 nitrogen and oxygen atoms in total. The fraction of sp³-hybridized carbons (Fsp3) is 1.00. The lowest BCUT2D eigenvalue weighted by atomic mass is 9.66. The molecule has 2 aliphatic carbocycles. The average Bonchev–Trinajstić information content (AvgIpc) is 3.15. The summed E-state index contributed by atoms with van der Waals surface area (Å²) in [5.74, 6) is -3.88. The first-order chi connectivity index (χ1) is 13.1. The van der Waals surface area contributed by atoms with Gasteiger partial charge < -0.3 is 28.8 Å². The minimum absolute atomic E-state index is 0.225. The van der Waals surface area contributed by atoms with E-state index in [9.17, 15) is 5.11 Å². The Morgan fingerprint density at radius 1 is 1.00 bits per heavy atom. The highest BCUT2D eigenvalue weighted by molar-refractivity contribution is 5.01. The second kappa shape index (κ2) is 6.24. The highest BCUT2D eigenvalue weighted by atomic mass is 16.7. The SMILES string of the molecule is [2H]C1CC(OC)CC(C2CC(O)CCC23OCCO3)C12OC([2H])([2H])C([2H])([2H])O2. The molecule has 0 amide bonds. The van der Waals surface area contributed by atoms with E-state index in [4.69, 9.17) is 30.5 Å². The van der Waals surface area contributed by atoms with Gasteiger partial charge in [-0.25, -0.2) is 0 Å². The Morgan fingerprint density at radius 3 is 2.39 bits per heavy atom. The van der Waals surface area contributed by atoms with Crippen molar-refractivity contribution in [3.63, 3.8) is 0 Å². The van der Waals surface area contributed by atoms with Crippen LogP contribution in [0.1, 0.15) is 45.4 Å². The number of rotatable bonds is 2. The van der Waals surface area contributed by atoms with Crippen molar-refractivity contribution >= 4 is 0 Å². The minimum atomic E-state index is -2.71. The molecule has 4 fully saturated rings. The lowest BCUT2D eigenvalue weighted by Gasteiger charge is -2.52. The van der Waals surface area contributed by atoms with Crippen molar-refractivity contribution < 1.29 is 35.6 Å². The summed E-state index contributed by atoms with van der Waals surface area (Å²) in [5, 5.41) is 10.4. The van der Waals surface area contributed by atoms with E-state index < -0.39 is 49.0 Å². The molecule has 0 bridgehead atoms. The first-order valence-corrected chi connectivity index (χ1v) is 8.36. The van der Waals surface area contributed by atoms with Gasteiger partial charge in [0.25, 0.3) is 0 Å². The van der Waals surface area contributed by atoms with E-state index >= 15 is 0 Å². The zero-order chi connectivity index (χ0) is 20.4. The smallest absolute Gasteiger partial charge is 0.171 e. The Labute approximate surface area is 144 Å². The van der Waals surface area contributed by atoms with Gasteiger partial charge in [0.2, 0.25) is 0 Å². The van der Waals surface area contributed by atoms with Crippen LogP contribution in [0.25, 0.3) is 0 Å². The molecule has 6 heteroatoms. The van der Waals surface area contributed by atoms with Gasteiger partial charge in [-0.3, -0.25) is 0 Å².